The van der Waals surface area contributed by atoms with E-state index in [-0.39, 0.29) is 10.6 Å². The summed E-state index contributed by atoms with van der Waals surface area (Å²) in [5.41, 5.74) is 1.08. The Balaban J connectivity index is 1.93. The van der Waals surface area contributed by atoms with Crippen LogP contribution in [0.2, 0.25) is 0 Å². The summed E-state index contributed by atoms with van der Waals surface area (Å²) in [6.45, 7) is 1.72. The summed E-state index contributed by atoms with van der Waals surface area (Å²) < 4.78 is 42.8. The molecule has 0 unspecified atom stereocenters. The molecule has 8 heteroatoms. The van der Waals surface area contributed by atoms with E-state index in [0.29, 0.717) is 24.3 Å². The molecule has 124 valence electrons. The van der Waals surface area contributed by atoms with Crippen LogP contribution in [0.4, 0.5) is 13.2 Å². The number of nitrogens with one attached hydrogen (secondary N) is 1. The molecule has 1 heterocycles. The zero-order chi connectivity index (χ0) is 17.0. The Morgan fingerprint density at radius 3 is 2.48 bits per heavy atom. The molecule has 0 bridgehead atoms. The number of aryl methyl sites for hydroxylation is 1. The molecular formula is C15H15F3N2O2S. The van der Waals surface area contributed by atoms with Gasteiger partial charge in [-0.25, -0.2) is 4.98 Å². The van der Waals surface area contributed by atoms with E-state index in [1.54, 1.807) is 19.2 Å². The molecule has 4 nitrogen and oxygen atoms in total. The van der Waals surface area contributed by atoms with Gasteiger partial charge in [-0.1, -0.05) is 12.1 Å². The van der Waals surface area contributed by atoms with Crippen LogP contribution < -0.4 is 10.1 Å². The van der Waals surface area contributed by atoms with Crippen LogP contribution in [-0.4, -0.2) is 24.5 Å². The molecule has 1 aromatic heterocycles. The third-order valence-electron chi connectivity index (χ3n) is 3.10. The fourth-order valence-electron chi connectivity index (χ4n) is 1.92. The predicted octanol–water partition coefficient (Wildman–Crippen LogP) is 3.45. The van der Waals surface area contributed by atoms with Crippen LogP contribution in [0.25, 0.3) is 0 Å². The molecule has 0 aliphatic rings. The number of methoxy groups -OCH3 is 1. The number of carbonyl (C=O) groups is 1. The Morgan fingerprint density at radius 1 is 1.30 bits per heavy atom. The minimum atomic E-state index is -4.53. The standard InChI is InChI=1S/C15H15F3N2O2S/c1-9-12(23-14(20-9)15(16,17)18)13(21)19-8-7-10-3-5-11(22-2)6-4-10/h3-6H,7-8H2,1-2H3,(H,19,21). The van der Waals surface area contributed by atoms with Crippen molar-refractivity contribution in [3.63, 3.8) is 0 Å². The lowest BCUT2D eigenvalue weighted by Gasteiger charge is -2.05. The molecule has 0 saturated carbocycles. The van der Waals surface area contributed by atoms with Gasteiger partial charge in [0.25, 0.3) is 5.91 Å². The van der Waals surface area contributed by atoms with Crippen molar-refractivity contribution in [2.75, 3.05) is 13.7 Å². The Hall–Kier alpha value is -2.09. The summed E-state index contributed by atoms with van der Waals surface area (Å²) >= 11 is 0.361. The van der Waals surface area contributed by atoms with Gasteiger partial charge in [0, 0.05) is 6.54 Å². The van der Waals surface area contributed by atoms with E-state index >= 15 is 0 Å². The SMILES string of the molecule is COc1ccc(CCNC(=O)c2sc(C(F)(F)F)nc2C)cc1. The lowest BCUT2D eigenvalue weighted by atomic mass is 10.1. The predicted molar refractivity (Wildman–Crippen MR) is 80.9 cm³/mol. The average molecular weight is 344 g/mol. The van der Waals surface area contributed by atoms with Crippen molar-refractivity contribution < 1.29 is 22.7 Å². The summed E-state index contributed by atoms with van der Waals surface area (Å²) in [4.78, 5) is 15.4. The van der Waals surface area contributed by atoms with Crippen molar-refractivity contribution in [3.8, 4) is 5.75 Å². The molecule has 1 N–H and O–H groups in total. The zero-order valence-corrected chi connectivity index (χ0v) is 13.3. The minimum absolute atomic E-state index is 0.00736. The highest BCUT2D eigenvalue weighted by Gasteiger charge is 2.36. The monoisotopic (exact) mass is 344 g/mol. The number of rotatable bonds is 5. The van der Waals surface area contributed by atoms with E-state index in [4.69, 9.17) is 4.74 Å². The first-order chi connectivity index (χ1) is 10.8. The summed E-state index contributed by atoms with van der Waals surface area (Å²) in [7, 11) is 1.57. The van der Waals surface area contributed by atoms with Gasteiger partial charge in [-0.05, 0) is 31.0 Å². The number of alkyl halides is 3. The smallest absolute Gasteiger partial charge is 0.443 e. The molecule has 0 radical (unpaired) electrons. The maximum absolute atomic E-state index is 12.6. The lowest BCUT2D eigenvalue weighted by Crippen LogP contribution is -2.25. The van der Waals surface area contributed by atoms with Crippen molar-refractivity contribution in [3.05, 3.63) is 45.4 Å². The molecule has 0 aliphatic heterocycles. The summed E-state index contributed by atoms with van der Waals surface area (Å²) in [6.07, 6.45) is -3.96. The highest BCUT2D eigenvalue weighted by molar-refractivity contribution is 7.13. The number of aromatic nitrogens is 1. The number of carbonyl (C=O) groups excluding carboxylic acids is 1. The van der Waals surface area contributed by atoms with Gasteiger partial charge >= 0.3 is 6.18 Å². The van der Waals surface area contributed by atoms with Crippen molar-refractivity contribution in [2.45, 2.75) is 19.5 Å². The quantitative estimate of drug-likeness (QED) is 0.904. The maximum Gasteiger partial charge on any atom is 0.443 e. The molecule has 1 amide bonds. The van der Waals surface area contributed by atoms with Crippen molar-refractivity contribution in [2.24, 2.45) is 0 Å². The molecule has 0 atom stereocenters. The van der Waals surface area contributed by atoms with Crippen LogP contribution in [0.5, 0.6) is 5.75 Å². The van der Waals surface area contributed by atoms with E-state index in [9.17, 15) is 18.0 Å². The second-order valence-corrected chi connectivity index (χ2v) is 5.78. The summed E-state index contributed by atoms with van der Waals surface area (Å²) in [5.74, 6) is 0.196. The Bertz CT molecular complexity index is 681. The van der Waals surface area contributed by atoms with Crippen molar-refractivity contribution in [1.82, 2.24) is 10.3 Å². The highest BCUT2D eigenvalue weighted by Crippen LogP contribution is 2.33. The molecule has 0 spiro atoms. The van der Waals surface area contributed by atoms with E-state index in [1.165, 1.54) is 6.92 Å². The number of thiazole rings is 1. The molecule has 2 rings (SSSR count). The second kappa shape index (κ2) is 6.99. The van der Waals surface area contributed by atoms with Gasteiger partial charge in [0.15, 0.2) is 5.01 Å². The zero-order valence-electron chi connectivity index (χ0n) is 12.5. The van der Waals surface area contributed by atoms with Gasteiger partial charge in [0.1, 0.15) is 10.6 Å². The van der Waals surface area contributed by atoms with Crippen LogP contribution in [-0.2, 0) is 12.6 Å². The molecule has 1 aromatic carbocycles. The molecule has 0 aliphatic carbocycles. The minimum Gasteiger partial charge on any atom is -0.497 e. The topological polar surface area (TPSA) is 51.2 Å². The normalized spacial score (nSPS) is 11.3. The number of hydrogen-bond donors (Lipinski definition) is 1. The van der Waals surface area contributed by atoms with E-state index in [0.717, 1.165) is 11.3 Å². The molecule has 0 saturated heterocycles. The van der Waals surface area contributed by atoms with Gasteiger partial charge in [-0.3, -0.25) is 4.79 Å². The molecule has 23 heavy (non-hydrogen) atoms. The first kappa shape index (κ1) is 17.3. The van der Waals surface area contributed by atoms with Gasteiger partial charge < -0.3 is 10.1 Å². The third-order valence-corrected chi connectivity index (χ3v) is 4.30. The van der Waals surface area contributed by atoms with Gasteiger partial charge in [0.05, 0.1) is 12.8 Å². The fraction of sp³-hybridized carbons (Fsp3) is 0.333. The third kappa shape index (κ3) is 4.44. The Labute approximate surface area is 135 Å². The summed E-state index contributed by atoms with van der Waals surface area (Å²) in [5, 5.41) is 1.61. The molecular weight excluding hydrogens is 329 g/mol. The number of benzene rings is 1. The van der Waals surface area contributed by atoms with E-state index in [2.05, 4.69) is 10.3 Å². The second-order valence-electron chi connectivity index (χ2n) is 4.79. The number of amides is 1. The Morgan fingerprint density at radius 2 is 1.96 bits per heavy atom. The first-order valence-corrected chi connectivity index (χ1v) is 7.58. The van der Waals surface area contributed by atoms with E-state index in [1.807, 2.05) is 12.1 Å². The molecule has 2 aromatic rings. The van der Waals surface area contributed by atoms with Crippen LogP contribution in [0.3, 0.4) is 0 Å². The largest absolute Gasteiger partial charge is 0.497 e. The first-order valence-electron chi connectivity index (χ1n) is 6.77. The number of nitrogens with zero attached hydrogens (tertiary/aromatic N) is 1. The van der Waals surface area contributed by atoms with E-state index < -0.39 is 17.1 Å². The Kier molecular flexibility index (Phi) is 5.25. The lowest BCUT2D eigenvalue weighted by molar-refractivity contribution is -0.137. The fourth-order valence-corrected chi connectivity index (χ4v) is 2.77. The van der Waals surface area contributed by atoms with Crippen LogP contribution >= 0.6 is 11.3 Å². The number of hydrogen-bond acceptors (Lipinski definition) is 4. The maximum atomic E-state index is 12.6. The van der Waals surface area contributed by atoms with Gasteiger partial charge in [0.2, 0.25) is 0 Å². The van der Waals surface area contributed by atoms with Crippen molar-refractivity contribution >= 4 is 17.2 Å². The number of halogens is 3. The van der Waals surface area contributed by atoms with Crippen LogP contribution in [0.15, 0.2) is 24.3 Å². The van der Waals surface area contributed by atoms with Crippen LogP contribution in [0.1, 0.15) is 25.9 Å². The molecule has 0 fully saturated rings. The highest BCUT2D eigenvalue weighted by atomic mass is 32.1. The summed E-state index contributed by atoms with van der Waals surface area (Å²) in [6, 6.07) is 7.34. The van der Waals surface area contributed by atoms with Crippen LogP contribution in [0, 0.1) is 6.92 Å². The van der Waals surface area contributed by atoms with Gasteiger partial charge in [-0.2, -0.15) is 13.2 Å². The average Bonchev–Trinajstić information content (AvgIpc) is 2.90. The van der Waals surface area contributed by atoms with Gasteiger partial charge in [-0.15, -0.1) is 11.3 Å². The number of ether oxygens (including phenoxy) is 1. The van der Waals surface area contributed by atoms with Crippen molar-refractivity contribution in [1.29, 1.82) is 0 Å².